The van der Waals surface area contributed by atoms with E-state index in [9.17, 15) is 49.5 Å². The molecule has 0 radical (unpaired) electrons. The van der Waals surface area contributed by atoms with Gasteiger partial charge in [0.25, 0.3) is 5.91 Å². The fraction of sp³-hybridized carbons (Fsp3) is 0.649. The Balaban J connectivity index is 0.969. The molecule has 2 aromatic carbocycles. The highest BCUT2D eigenvalue weighted by Gasteiger charge is 2.61. The predicted molar refractivity (Wildman–Crippen MR) is 298 cm³/mol. The molecule has 6 N–H and O–H groups in total. The number of nitrogens with one attached hydrogen (secondary N) is 1. The van der Waals surface area contributed by atoms with E-state index in [0.717, 1.165) is 75.1 Å². The van der Waals surface area contributed by atoms with Crippen LogP contribution in [0, 0.1) is 23.7 Å². The Labute approximate surface area is 464 Å². The minimum atomic E-state index is -1.71. The van der Waals surface area contributed by atoms with Crippen LogP contribution in [0.15, 0.2) is 42.5 Å². The molecule has 4 saturated carbocycles. The number of carbonyl (C=O) groups excluding carboxylic acids is 2. The van der Waals surface area contributed by atoms with E-state index in [0.29, 0.717) is 93.5 Å². The number of nitrogens with zero attached hydrogens (tertiary/aromatic N) is 9. The fourth-order valence-corrected chi connectivity index (χ4v) is 12.9. The van der Waals surface area contributed by atoms with Crippen molar-refractivity contribution in [3.05, 3.63) is 53.7 Å². The van der Waals surface area contributed by atoms with Gasteiger partial charge in [-0.05, 0) is 137 Å². The predicted octanol–water partition coefficient (Wildman–Crippen LogP) is 3.00. The van der Waals surface area contributed by atoms with Gasteiger partial charge >= 0.3 is 17.9 Å². The number of aromatic nitrogens is 2. The zero-order valence-corrected chi connectivity index (χ0v) is 47.4. The lowest BCUT2D eigenvalue weighted by Crippen LogP contribution is -2.71. The van der Waals surface area contributed by atoms with Gasteiger partial charge in [-0.2, -0.15) is 5.10 Å². The van der Waals surface area contributed by atoms with Crippen molar-refractivity contribution in [3.8, 4) is 28.4 Å². The van der Waals surface area contributed by atoms with E-state index in [1.807, 2.05) is 29.2 Å². The quantitative estimate of drug-likeness (QED) is 0.0667. The first kappa shape index (κ1) is 60.8. The van der Waals surface area contributed by atoms with E-state index in [1.165, 1.54) is 6.42 Å². The highest BCUT2D eigenvalue weighted by atomic mass is 16.5. The molecule has 4 aliphatic carbocycles. The maximum absolute atomic E-state index is 14.6. The second-order valence-electron chi connectivity index (χ2n) is 22.9. The molecule has 3 aromatic rings. The first-order valence-corrected chi connectivity index (χ1v) is 28.0. The van der Waals surface area contributed by atoms with Crippen molar-refractivity contribution in [2.24, 2.45) is 23.7 Å². The number of hydrogen-bond acceptors (Lipinski definition) is 16. The third-order valence-electron chi connectivity index (χ3n) is 17.0. The first-order valence-electron chi connectivity index (χ1n) is 28.0. The maximum atomic E-state index is 14.6. The lowest BCUT2D eigenvalue weighted by Gasteiger charge is -2.61. The van der Waals surface area contributed by atoms with Gasteiger partial charge in [0.05, 0.1) is 62.9 Å². The number of carbonyl (C=O) groups is 5. The first-order chi connectivity index (χ1) is 37.7. The van der Waals surface area contributed by atoms with Gasteiger partial charge in [0.1, 0.15) is 11.5 Å². The van der Waals surface area contributed by atoms with Crippen LogP contribution in [0.5, 0.6) is 11.5 Å². The highest BCUT2D eigenvalue weighted by molar-refractivity contribution is 5.95. The van der Waals surface area contributed by atoms with Crippen LogP contribution in [-0.2, 0) is 19.2 Å². The summed E-state index contributed by atoms with van der Waals surface area (Å²) in [6, 6.07) is 13.5. The summed E-state index contributed by atoms with van der Waals surface area (Å²) in [4.78, 5) is 76.5. The molecule has 8 rings (SSSR count). The molecule has 5 fully saturated rings. The van der Waals surface area contributed by atoms with Gasteiger partial charge in [-0.25, -0.2) is 4.68 Å². The van der Waals surface area contributed by atoms with Gasteiger partial charge in [0, 0.05) is 85.2 Å². The Morgan fingerprint density at radius 1 is 0.671 bits per heavy atom. The van der Waals surface area contributed by atoms with Crippen molar-refractivity contribution < 1.29 is 59.0 Å². The minimum absolute atomic E-state index is 0.0269. The molecule has 5 aliphatic rings. The van der Waals surface area contributed by atoms with Crippen LogP contribution in [0.2, 0.25) is 0 Å². The molecule has 436 valence electrons. The summed E-state index contributed by atoms with van der Waals surface area (Å²) in [5.41, 5.74) is 3.00. The van der Waals surface area contributed by atoms with Gasteiger partial charge in [0.15, 0.2) is 12.0 Å². The summed E-state index contributed by atoms with van der Waals surface area (Å²) >= 11 is 0. The van der Waals surface area contributed by atoms with E-state index < -0.39 is 35.6 Å². The summed E-state index contributed by atoms with van der Waals surface area (Å²) in [7, 11) is 9.09. The number of anilines is 1. The third kappa shape index (κ3) is 15.3. The van der Waals surface area contributed by atoms with Gasteiger partial charge in [-0.15, -0.1) is 0 Å². The standard InChI is InChI=1S/C57H86N10O12/c1-38(2)44-32-43(13-14-46(44)67-47(54-48(78-6)11-8-12-49(54)79-7)33-45(59-67)55(75)58-57(56(76)77)41-28-39-27-40(30-41)31-42(57)29-39)61(4)17-9-15-60(3)16-10-18-62(5)50(68)34-63-19-21-64(35-51(69)70)23-25-66(37-53(73)74)26-24-65(22-20-63)36-52(71)72/h8,11-14,32-33,38-42,56,76-77H,9-10,15-31,34-37H2,1-7H3,(H,58,75)(H,69,70)(H,71,72)(H,73,74). The zero-order chi connectivity index (χ0) is 57.1. The molecule has 0 spiro atoms. The number of rotatable bonds is 25. The third-order valence-corrected chi connectivity index (χ3v) is 17.0. The van der Waals surface area contributed by atoms with Gasteiger partial charge < -0.3 is 55.0 Å². The number of hydrogen-bond donors (Lipinski definition) is 6. The number of aliphatic hydroxyl groups is 2. The molecule has 2 amide bonds. The second kappa shape index (κ2) is 27.5. The van der Waals surface area contributed by atoms with E-state index in [4.69, 9.17) is 14.6 Å². The number of methoxy groups -OCH3 is 2. The Morgan fingerprint density at radius 3 is 1.61 bits per heavy atom. The fourth-order valence-electron chi connectivity index (χ4n) is 12.9. The molecule has 0 atom stereocenters. The topological polar surface area (TPSA) is 257 Å². The highest BCUT2D eigenvalue weighted by Crippen LogP contribution is 2.59. The van der Waals surface area contributed by atoms with Crippen molar-refractivity contribution in [1.29, 1.82) is 0 Å². The summed E-state index contributed by atoms with van der Waals surface area (Å²) in [6.07, 6.45) is 4.55. The van der Waals surface area contributed by atoms with Crippen LogP contribution in [0.25, 0.3) is 16.9 Å². The molecular weight excluding hydrogens is 1020 g/mol. The van der Waals surface area contributed by atoms with Gasteiger partial charge in [-0.3, -0.25) is 43.6 Å². The number of likely N-dealkylation sites (N-methyl/N-ethyl adjacent to an activating group) is 1. The number of benzene rings is 2. The molecule has 22 nitrogen and oxygen atoms in total. The van der Waals surface area contributed by atoms with Crippen LogP contribution >= 0.6 is 0 Å². The SMILES string of the molecule is COc1cccc(OC)c1-c1cc(C(=O)NC2(C(O)O)C3CC4CC(C3)CC2C4)nn1-c1ccc(N(C)CCCN(C)CCCN(C)C(=O)CN2CCN(CC(=O)O)CCN(CC(=O)O)CCN(CC(=O)O)CC2)cc1C(C)C. The monoisotopic (exact) mass is 1100 g/mol. The molecule has 79 heavy (non-hydrogen) atoms. The Hall–Kier alpha value is -5.88. The van der Waals surface area contributed by atoms with E-state index in [1.54, 1.807) is 51.6 Å². The van der Waals surface area contributed by atoms with E-state index in [-0.39, 0.29) is 55.5 Å². The number of amides is 2. The Kier molecular flexibility index (Phi) is 21.2. The normalized spacial score (nSPS) is 22.4. The minimum Gasteiger partial charge on any atom is -0.496 e. The summed E-state index contributed by atoms with van der Waals surface area (Å²) in [6.45, 7) is 9.14. The lowest BCUT2D eigenvalue weighted by atomic mass is 9.48. The zero-order valence-electron chi connectivity index (χ0n) is 47.4. The van der Waals surface area contributed by atoms with Gasteiger partial charge in [-0.1, -0.05) is 19.9 Å². The molecule has 1 saturated heterocycles. The summed E-state index contributed by atoms with van der Waals surface area (Å²) in [5, 5.41) is 59.0. The van der Waals surface area contributed by atoms with Crippen molar-refractivity contribution >= 4 is 35.4 Å². The van der Waals surface area contributed by atoms with Crippen molar-refractivity contribution in [1.82, 2.24) is 44.5 Å². The maximum Gasteiger partial charge on any atom is 0.317 e. The van der Waals surface area contributed by atoms with Crippen molar-refractivity contribution in [3.63, 3.8) is 0 Å². The average molecular weight is 1100 g/mol. The van der Waals surface area contributed by atoms with Crippen molar-refractivity contribution in [2.45, 2.75) is 76.5 Å². The number of aliphatic hydroxyl groups excluding tert-OH is 1. The smallest absolute Gasteiger partial charge is 0.317 e. The van der Waals surface area contributed by atoms with Crippen LogP contribution in [0.3, 0.4) is 0 Å². The van der Waals surface area contributed by atoms with Crippen LogP contribution in [-0.4, -0.2) is 246 Å². The second-order valence-corrected chi connectivity index (χ2v) is 22.9. The molecule has 2 heterocycles. The number of carboxylic acids is 3. The molecule has 1 aliphatic heterocycles. The number of carboxylic acid groups (broad SMARTS) is 3. The largest absolute Gasteiger partial charge is 0.496 e. The summed E-state index contributed by atoms with van der Waals surface area (Å²) in [5.74, 6) is -1.40. The molecule has 22 heteroatoms. The Bertz CT molecular complexity index is 2490. The van der Waals surface area contributed by atoms with Crippen LogP contribution in [0.1, 0.15) is 80.8 Å². The van der Waals surface area contributed by atoms with Crippen molar-refractivity contribution in [2.75, 3.05) is 145 Å². The Morgan fingerprint density at radius 2 is 1.15 bits per heavy atom. The van der Waals surface area contributed by atoms with E-state index >= 15 is 0 Å². The molecular formula is C57H86N10O12. The lowest BCUT2D eigenvalue weighted by molar-refractivity contribution is -0.195. The number of aliphatic carboxylic acids is 3. The molecule has 0 unspecified atom stereocenters. The summed E-state index contributed by atoms with van der Waals surface area (Å²) < 4.78 is 13.5. The molecule has 1 aromatic heterocycles. The molecule has 4 bridgehead atoms. The van der Waals surface area contributed by atoms with E-state index in [2.05, 4.69) is 55.2 Å². The van der Waals surface area contributed by atoms with Gasteiger partial charge in [0.2, 0.25) is 5.91 Å². The average Bonchev–Trinajstić information content (AvgIpc) is 4.03. The van der Waals surface area contributed by atoms with Crippen LogP contribution < -0.4 is 19.7 Å². The van der Waals surface area contributed by atoms with Crippen LogP contribution in [0.4, 0.5) is 5.69 Å². The number of ether oxygens (including phenoxy) is 2.